The highest BCUT2D eigenvalue weighted by Gasteiger charge is 2.43. The van der Waals surface area contributed by atoms with Crippen LogP contribution < -0.4 is 0 Å². The quantitative estimate of drug-likeness (QED) is 0.398. The maximum Gasteiger partial charge on any atom is 0.306 e. The zero-order valence-electron chi connectivity index (χ0n) is 18.9. The fourth-order valence-electron chi connectivity index (χ4n) is 4.68. The molecule has 31 heavy (non-hydrogen) atoms. The monoisotopic (exact) mass is 419 g/mol. The second-order valence-corrected chi connectivity index (χ2v) is 9.31. The molecule has 164 valence electrons. The standard InChI is InChI=1S/C27H33NO3/c1-21-11-13-24(14-12-21)27(15-17-31-26(2,3)20-27)18-25(29)30-16-7-10-23(19-28)22-8-5-4-6-9-22/h4-6,8-9,11-14,23H,7,10,15-18,20H2,1-3H3/t23-,27+/m0/s1. The van der Waals surface area contributed by atoms with Crippen LogP contribution in [0, 0.1) is 18.3 Å². The molecule has 4 heteroatoms. The van der Waals surface area contributed by atoms with Crippen LogP contribution in [0.5, 0.6) is 0 Å². The first-order valence-corrected chi connectivity index (χ1v) is 11.1. The number of ether oxygens (including phenoxy) is 2. The Morgan fingerprint density at radius 3 is 2.52 bits per heavy atom. The molecule has 2 aromatic rings. The zero-order valence-corrected chi connectivity index (χ0v) is 18.9. The van der Waals surface area contributed by atoms with Crippen LogP contribution >= 0.6 is 0 Å². The Hall–Kier alpha value is -2.64. The van der Waals surface area contributed by atoms with Crippen molar-refractivity contribution in [3.8, 4) is 6.07 Å². The van der Waals surface area contributed by atoms with E-state index < -0.39 is 0 Å². The van der Waals surface area contributed by atoms with Crippen LogP contribution in [0.15, 0.2) is 54.6 Å². The Morgan fingerprint density at radius 1 is 1.16 bits per heavy atom. The lowest BCUT2D eigenvalue weighted by Gasteiger charge is -2.45. The van der Waals surface area contributed by atoms with Crippen molar-refractivity contribution in [1.29, 1.82) is 5.26 Å². The Labute approximate surface area is 186 Å². The van der Waals surface area contributed by atoms with Crippen LogP contribution in [0.4, 0.5) is 0 Å². The third-order valence-electron chi connectivity index (χ3n) is 6.24. The number of rotatable bonds is 8. The number of nitriles is 1. The number of esters is 1. The summed E-state index contributed by atoms with van der Waals surface area (Å²) in [5, 5.41) is 9.46. The van der Waals surface area contributed by atoms with Crippen LogP contribution in [-0.2, 0) is 19.7 Å². The van der Waals surface area contributed by atoms with Gasteiger partial charge in [0.05, 0.1) is 30.6 Å². The summed E-state index contributed by atoms with van der Waals surface area (Å²) in [6.07, 6.45) is 3.29. The Morgan fingerprint density at radius 2 is 1.87 bits per heavy atom. The number of hydrogen-bond donors (Lipinski definition) is 0. The molecule has 1 aliphatic rings. The highest BCUT2D eigenvalue weighted by Crippen LogP contribution is 2.44. The van der Waals surface area contributed by atoms with Gasteiger partial charge in [0.2, 0.25) is 0 Å². The zero-order chi connectivity index (χ0) is 22.3. The predicted molar refractivity (Wildman–Crippen MR) is 122 cm³/mol. The van der Waals surface area contributed by atoms with E-state index in [9.17, 15) is 10.1 Å². The van der Waals surface area contributed by atoms with E-state index in [-0.39, 0.29) is 22.9 Å². The molecule has 0 N–H and O–H groups in total. The summed E-state index contributed by atoms with van der Waals surface area (Å²) in [5.74, 6) is -0.346. The summed E-state index contributed by atoms with van der Waals surface area (Å²) in [4.78, 5) is 12.8. The largest absolute Gasteiger partial charge is 0.466 e. The third-order valence-corrected chi connectivity index (χ3v) is 6.24. The molecule has 2 aromatic carbocycles. The molecule has 1 aliphatic heterocycles. The van der Waals surface area contributed by atoms with Gasteiger partial charge in [-0.05, 0) is 57.6 Å². The lowest BCUT2D eigenvalue weighted by Crippen LogP contribution is -2.45. The van der Waals surface area contributed by atoms with Gasteiger partial charge in [-0.2, -0.15) is 5.26 Å². The van der Waals surface area contributed by atoms with E-state index in [2.05, 4.69) is 51.1 Å². The maximum atomic E-state index is 12.8. The molecule has 0 unspecified atom stereocenters. The first-order chi connectivity index (χ1) is 14.8. The average Bonchev–Trinajstić information content (AvgIpc) is 2.74. The molecule has 2 atom stereocenters. The SMILES string of the molecule is Cc1ccc([C@@]2(CC(=O)OCCC[C@@H](C#N)c3ccccc3)CCOC(C)(C)C2)cc1. The van der Waals surface area contributed by atoms with Crippen LogP contribution in [0.3, 0.4) is 0 Å². The van der Waals surface area contributed by atoms with Crippen molar-refractivity contribution in [2.75, 3.05) is 13.2 Å². The van der Waals surface area contributed by atoms with Gasteiger partial charge >= 0.3 is 5.97 Å². The van der Waals surface area contributed by atoms with Crippen molar-refractivity contribution in [1.82, 2.24) is 0 Å². The van der Waals surface area contributed by atoms with Crippen LogP contribution in [-0.4, -0.2) is 24.8 Å². The molecule has 1 saturated heterocycles. The molecule has 0 aromatic heterocycles. The number of carbonyl (C=O) groups excluding carboxylic acids is 1. The van der Waals surface area contributed by atoms with E-state index >= 15 is 0 Å². The topological polar surface area (TPSA) is 59.3 Å². The number of carbonyl (C=O) groups is 1. The number of aryl methyl sites for hydroxylation is 1. The van der Waals surface area contributed by atoms with E-state index in [1.54, 1.807) is 0 Å². The van der Waals surface area contributed by atoms with Gasteiger partial charge in [0, 0.05) is 12.0 Å². The Balaban J connectivity index is 1.59. The van der Waals surface area contributed by atoms with Gasteiger partial charge < -0.3 is 9.47 Å². The molecule has 0 aliphatic carbocycles. The lowest BCUT2D eigenvalue weighted by atomic mass is 9.67. The van der Waals surface area contributed by atoms with Crippen LogP contribution in [0.1, 0.15) is 68.6 Å². The van der Waals surface area contributed by atoms with E-state index in [0.29, 0.717) is 32.5 Å². The molecular weight excluding hydrogens is 386 g/mol. The number of benzene rings is 2. The second kappa shape index (κ2) is 10.1. The van der Waals surface area contributed by atoms with Crippen molar-refractivity contribution in [2.45, 2.75) is 69.8 Å². The molecule has 1 fully saturated rings. The first kappa shape index (κ1) is 23.0. The summed E-state index contributed by atoms with van der Waals surface area (Å²) in [6, 6.07) is 20.6. The Kier molecular flexibility index (Phi) is 7.51. The second-order valence-electron chi connectivity index (χ2n) is 9.31. The van der Waals surface area contributed by atoms with Gasteiger partial charge in [-0.25, -0.2) is 0 Å². The van der Waals surface area contributed by atoms with E-state index in [1.165, 1.54) is 11.1 Å². The molecule has 3 rings (SSSR count). The van der Waals surface area contributed by atoms with E-state index in [4.69, 9.17) is 9.47 Å². The van der Waals surface area contributed by atoms with Crippen molar-refractivity contribution in [3.05, 3.63) is 71.3 Å². The maximum absolute atomic E-state index is 12.8. The third kappa shape index (κ3) is 6.18. The van der Waals surface area contributed by atoms with E-state index in [1.807, 2.05) is 30.3 Å². The summed E-state index contributed by atoms with van der Waals surface area (Å²) >= 11 is 0. The van der Waals surface area contributed by atoms with Crippen molar-refractivity contribution in [3.63, 3.8) is 0 Å². The van der Waals surface area contributed by atoms with Crippen molar-refractivity contribution in [2.24, 2.45) is 0 Å². The molecule has 1 heterocycles. The predicted octanol–water partition coefficient (Wildman–Crippen LogP) is 5.84. The fraction of sp³-hybridized carbons (Fsp3) is 0.481. The highest BCUT2D eigenvalue weighted by atomic mass is 16.5. The number of hydrogen-bond acceptors (Lipinski definition) is 4. The summed E-state index contributed by atoms with van der Waals surface area (Å²) in [7, 11) is 0. The van der Waals surface area contributed by atoms with Gasteiger partial charge in [-0.1, -0.05) is 60.2 Å². The fourth-order valence-corrected chi connectivity index (χ4v) is 4.68. The minimum Gasteiger partial charge on any atom is -0.466 e. The van der Waals surface area contributed by atoms with Crippen molar-refractivity contribution >= 4 is 5.97 Å². The molecule has 0 spiro atoms. The molecule has 0 radical (unpaired) electrons. The number of nitrogens with zero attached hydrogens (tertiary/aromatic N) is 1. The van der Waals surface area contributed by atoms with E-state index in [0.717, 1.165) is 18.4 Å². The van der Waals surface area contributed by atoms with Gasteiger partial charge in [-0.15, -0.1) is 0 Å². The van der Waals surface area contributed by atoms with Gasteiger partial charge in [0.1, 0.15) is 0 Å². The average molecular weight is 420 g/mol. The summed E-state index contributed by atoms with van der Waals surface area (Å²) in [5.41, 5.74) is 2.85. The van der Waals surface area contributed by atoms with Gasteiger partial charge in [-0.3, -0.25) is 4.79 Å². The van der Waals surface area contributed by atoms with Gasteiger partial charge in [0.15, 0.2) is 0 Å². The summed E-state index contributed by atoms with van der Waals surface area (Å²) in [6.45, 7) is 7.23. The molecule has 0 bridgehead atoms. The normalized spacial score (nSPS) is 21.1. The molecule has 0 amide bonds. The summed E-state index contributed by atoms with van der Waals surface area (Å²) < 4.78 is 11.6. The first-order valence-electron chi connectivity index (χ1n) is 11.1. The molecule has 0 saturated carbocycles. The lowest BCUT2D eigenvalue weighted by molar-refractivity contribution is -0.148. The Bertz CT molecular complexity index is 898. The van der Waals surface area contributed by atoms with Crippen molar-refractivity contribution < 1.29 is 14.3 Å². The van der Waals surface area contributed by atoms with Crippen LogP contribution in [0.2, 0.25) is 0 Å². The smallest absolute Gasteiger partial charge is 0.306 e. The minimum absolute atomic E-state index is 0.171. The molecular formula is C27H33NO3. The molecule has 4 nitrogen and oxygen atoms in total. The van der Waals surface area contributed by atoms with Crippen LogP contribution in [0.25, 0.3) is 0 Å². The highest BCUT2D eigenvalue weighted by molar-refractivity contribution is 5.71. The van der Waals surface area contributed by atoms with Gasteiger partial charge in [0.25, 0.3) is 0 Å². The minimum atomic E-state index is -0.279.